The molecule has 0 bridgehead atoms. The van der Waals surface area contributed by atoms with Crippen LogP contribution in [0, 0.1) is 0 Å². The molecule has 3 fully saturated rings. The van der Waals surface area contributed by atoms with Gasteiger partial charge in [-0.1, -0.05) is 30.3 Å². The van der Waals surface area contributed by atoms with Crippen molar-refractivity contribution in [2.75, 3.05) is 0 Å². The second-order valence-corrected chi connectivity index (χ2v) is 10.1. The Morgan fingerprint density at radius 3 is 2.29 bits per heavy atom. The number of carbonyl (C=O) groups excluding carboxylic acids is 2. The molecule has 1 radical (unpaired) electrons. The molecule has 2 amide bonds. The normalized spacial score (nSPS) is 32.6. The summed E-state index contributed by atoms with van der Waals surface area (Å²) < 4.78 is -0.611. The summed E-state index contributed by atoms with van der Waals surface area (Å²) in [5.41, 5.74) is 0.139. The van der Waals surface area contributed by atoms with Crippen molar-refractivity contribution in [3.63, 3.8) is 0 Å². The number of fused-ring (bicyclic) bond motifs is 1. The van der Waals surface area contributed by atoms with Crippen LogP contribution < -0.4 is 5.32 Å². The number of hydrogen-bond acceptors (Lipinski definition) is 5. The second-order valence-electron chi connectivity index (χ2n) is 8.30. The van der Waals surface area contributed by atoms with Crippen LogP contribution >= 0.6 is 11.8 Å². The monoisotopic (exact) mass is 428 g/mol. The van der Waals surface area contributed by atoms with E-state index in [0.29, 0.717) is 0 Å². The molecule has 1 aromatic carbocycles. The van der Waals surface area contributed by atoms with E-state index in [9.17, 15) is 19.5 Å². The smallest absolute Gasteiger partial charge is 0.327 e. The third-order valence-corrected chi connectivity index (χ3v) is 7.20. The quantitative estimate of drug-likeness (QED) is 0.552. The van der Waals surface area contributed by atoms with E-state index in [4.69, 9.17) is 0 Å². The van der Waals surface area contributed by atoms with E-state index in [1.165, 1.54) is 16.7 Å². The van der Waals surface area contributed by atoms with Gasteiger partial charge in [0.25, 0.3) is 0 Å². The van der Waals surface area contributed by atoms with Crippen LogP contribution in [0.25, 0.3) is 0 Å². The Kier molecular flexibility index (Phi) is 5.86. The average Bonchev–Trinajstić information content (AvgIpc) is 2.98. The minimum Gasteiger partial charge on any atom is -0.480 e. The van der Waals surface area contributed by atoms with E-state index in [1.54, 1.807) is 4.90 Å². The van der Waals surface area contributed by atoms with Crippen LogP contribution in [0.15, 0.2) is 30.3 Å². The summed E-state index contributed by atoms with van der Waals surface area (Å²) in [5, 5.41) is 12.6. The molecule has 0 aromatic heterocycles. The summed E-state index contributed by atoms with van der Waals surface area (Å²) in [6.07, 6.45) is 0. The minimum absolute atomic E-state index is 0. The molecule has 4 rings (SSSR count). The van der Waals surface area contributed by atoms with E-state index in [2.05, 4.69) is 5.32 Å². The first-order valence-electron chi connectivity index (χ1n) is 8.95. The summed E-state index contributed by atoms with van der Waals surface area (Å²) in [6, 6.07) is 7.37. The number of carboxylic acids is 1. The summed E-state index contributed by atoms with van der Waals surface area (Å²) in [7, 11) is 0. The zero-order chi connectivity index (χ0) is 19.7. The first-order chi connectivity index (χ1) is 12.6. The standard InChI is InChI=1S/C19H23N3O4S.K/c1-18(2)13(17(25)26)21-15(24)12(16(21)27-18)22-14(23)11(20-19(22,3)4)10-8-6-5-7-9-10;/h5-9,11-13,16,20H,1-4H3,(H,25,26);/t11-,12-,13+,16-;/m1./s1. The van der Waals surface area contributed by atoms with Crippen molar-refractivity contribution in [2.24, 2.45) is 0 Å². The van der Waals surface area contributed by atoms with Crippen molar-refractivity contribution >= 4 is 80.9 Å². The van der Waals surface area contributed by atoms with Crippen molar-refractivity contribution in [3.05, 3.63) is 35.9 Å². The van der Waals surface area contributed by atoms with Crippen molar-refractivity contribution in [1.29, 1.82) is 0 Å². The van der Waals surface area contributed by atoms with Gasteiger partial charge in [0.05, 0.1) is 5.66 Å². The number of β-lactam (4-membered cyclic amide) rings is 1. The molecular weight excluding hydrogens is 405 g/mol. The third kappa shape index (κ3) is 3.19. The molecule has 3 heterocycles. The Hall–Kier alpha value is -0.424. The van der Waals surface area contributed by atoms with Crippen molar-refractivity contribution in [2.45, 2.75) is 61.6 Å². The Balaban J connectivity index is 0.00000225. The zero-order valence-electron chi connectivity index (χ0n) is 16.7. The van der Waals surface area contributed by atoms with Crippen LogP contribution in [0.4, 0.5) is 0 Å². The third-order valence-electron chi connectivity index (χ3n) is 5.64. The molecule has 0 unspecified atom stereocenters. The molecule has 9 heteroatoms. The zero-order valence-corrected chi connectivity index (χ0v) is 20.6. The van der Waals surface area contributed by atoms with E-state index >= 15 is 0 Å². The van der Waals surface area contributed by atoms with Crippen molar-refractivity contribution in [3.8, 4) is 0 Å². The maximum Gasteiger partial charge on any atom is 0.327 e. The van der Waals surface area contributed by atoms with Gasteiger partial charge < -0.3 is 14.9 Å². The Bertz CT molecular complexity index is 832. The number of rotatable bonds is 3. The largest absolute Gasteiger partial charge is 0.480 e. The molecular formula is C19H23KN3O4S. The van der Waals surface area contributed by atoms with E-state index in [1.807, 2.05) is 58.0 Å². The second kappa shape index (κ2) is 7.37. The van der Waals surface area contributed by atoms with Crippen LogP contribution in [0.2, 0.25) is 0 Å². The first-order valence-corrected chi connectivity index (χ1v) is 9.83. The molecule has 28 heavy (non-hydrogen) atoms. The van der Waals surface area contributed by atoms with Gasteiger partial charge in [-0.15, -0.1) is 11.8 Å². The maximum atomic E-state index is 13.2. The fourth-order valence-electron chi connectivity index (χ4n) is 4.49. The molecule has 2 N–H and O–H groups in total. The fraction of sp³-hybridized carbons (Fsp3) is 0.526. The number of hydrogen-bond donors (Lipinski definition) is 2. The van der Waals surface area contributed by atoms with Gasteiger partial charge in [0.2, 0.25) is 11.8 Å². The molecule has 0 saturated carbocycles. The number of carbonyl (C=O) groups is 3. The molecule has 0 aliphatic carbocycles. The van der Waals surface area contributed by atoms with Gasteiger partial charge in [0, 0.05) is 56.1 Å². The topological polar surface area (TPSA) is 90.0 Å². The molecule has 145 valence electrons. The van der Waals surface area contributed by atoms with E-state index in [0.717, 1.165) is 5.56 Å². The fourth-order valence-corrected chi connectivity index (χ4v) is 6.16. The van der Waals surface area contributed by atoms with Crippen LogP contribution in [0.3, 0.4) is 0 Å². The molecule has 0 spiro atoms. The molecule has 1 aromatic rings. The van der Waals surface area contributed by atoms with Crippen molar-refractivity contribution < 1.29 is 19.5 Å². The Morgan fingerprint density at radius 2 is 1.71 bits per heavy atom. The predicted octanol–water partition coefficient (Wildman–Crippen LogP) is 1.03. The van der Waals surface area contributed by atoms with Gasteiger partial charge in [-0.2, -0.15) is 0 Å². The van der Waals surface area contributed by atoms with E-state index in [-0.39, 0.29) is 68.6 Å². The maximum absolute atomic E-state index is 13.2. The molecule has 7 nitrogen and oxygen atoms in total. The van der Waals surface area contributed by atoms with E-state index < -0.39 is 34.5 Å². The SMILES string of the molecule is CC1(C)S[C@@H]2[C@H](N3C(=O)[C@@H](c4ccccc4)NC3(C)C)C(=O)N2[C@H]1C(=O)O.[K]. The number of nitrogens with one attached hydrogen (secondary N) is 1. The average molecular weight is 429 g/mol. The predicted molar refractivity (Wildman–Crippen MR) is 107 cm³/mol. The van der Waals surface area contributed by atoms with Gasteiger partial charge in [-0.3, -0.25) is 14.9 Å². The van der Waals surface area contributed by atoms with Gasteiger partial charge in [-0.25, -0.2) is 4.79 Å². The van der Waals surface area contributed by atoms with Crippen LogP contribution in [0.5, 0.6) is 0 Å². The summed E-state index contributed by atoms with van der Waals surface area (Å²) in [5.74, 6) is -1.45. The molecule has 3 aliphatic heterocycles. The number of aliphatic carboxylic acids is 1. The number of amides is 2. The van der Waals surface area contributed by atoms with Gasteiger partial charge in [0.1, 0.15) is 23.5 Å². The summed E-state index contributed by atoms with van der Waals surface area (Å²) in [6.45, 7) is 7.43. The van der Waals surface area contributed by atoms with Gasteiger partial charge >= 0.3 is 5.97 Å². The van der Waals surface area contributed by atoms with Crippen LogP contribution in [0.1, 0.15) is 39.3 Å². The number of benzene rings is 1. The van der Waals surface area contributed by atoms with Crippen LogP contribution in [-0.4, -0.2) is 112 Å². The van der Waals surface area contributed by atoms with Crippen LogP contribution in [-0.2, 0) is 14.4 Å². The number of nitrogens with zero attached hydrogens (tertiary/aromatic N) is 2. The first kappa shape index (κ1) is 22.3. The number of thioether (sulfide) groups is 1. The molecule has 3 saturated heterocycles. The Labute approximate surface area is 211 Å². The van der Waals surface area contributed by atoms with Crippen molar-refractivity contribution in [1.82, 2.24) is 15.1 Å². The summed E-state index contributed by atoms with van der Waals surface area (Å²) >= 11 is 1.46. The van der Waals surface area contributed by atoms with Gasteiger partial charge in [0.15, 0.2) is 0 Å². The molecule has 4 atom stereocenters. The summed E-state index contributed by atoms with van der Waals surface area (Å²) in [4.78, 5) is 40.9. The minimum atomic E-state index is -1.01. The Morgan fingerprint density at radius 1 is 1.11 bits per heavy atom. The van der Waals surface area contributed by atoms with Gasteiger partial charge in [-0.05, 0) is 33.3 Å². The number of carboxylic acid groups (broad SMARTS) is 1. The molecule has 3 aliphatic rings.